The summed E-state index contributed by atoms with van der Waals surface area (Å²) in [7, 11) is 0. The number of nitrogens with zero attached hydrogens (tertiary/aromatic N) is 3. The molecule has 3 aromatic rings. The number of para-hydroxylation sites is 2. The van der Waals surface area contributed by atoms with Gasteiger partial charge >= 0.3 is 0 Å². The summed E-state index contributed by atoms with van der Waals surface area (Å²) in [6, 6.07) is 19.5. The number of aromatic hydroxyl groups is 1. The van der Waals surface area contributed by atoms with Crippen LogP contribution in [0.15, 0.2) is 82.6 Å². The Morgan fingerprint density at radius 2 is 1.81 bits per heavy atom. The lowest BCUT2D eigenvalue weighted by Crippen LogP contribution is -2.32. The standard InChI is InChI=1S/C21H18BrN3O/c22-18-8-2-3-9-20(18)25-14-16(17-7-1-4-10-21(17)26)12-19(24-25)15-6-5-11-23-13-15/h1-11,13,16,26H,12,14H2. The van der Waals surface area contributed by atoms with Crippen molar-refractivity contribution in [3.8, 4) is 5.75 Å². The first-order valence-corrected chi connectivity index (χ1v) is 9.29. The molecule has 1 aliphatic heterocycles. The summed E-state index contributed by atoms with van der Waals surface area (Å²) in [5.41, 5.74) is 3.92. The minimum Gasteiger partial charge on any atom is -0.508 e. The molecule has 130 valence electrons. The molecule has 5 heteroatoms. The molecule has 0 amide bonds. The minimum absolute atomic E-state index is 0.135. The van der Waals surface area contributed by atoms with Gasteiger partial charge < -0.3 is 5.11 Å². The first-order valence-electron chi connectivity index (χ1n) is 8.50. The van der Waals surface area contributed by atoms with Crippen molar-refractivity contribution in [2.75, 3.05) is 11.6 Å². The molecule has 1 atom stereocenters. The van der Waals surface area contributed by atoms with Crippen molar-refractivity contribution in [1.82, 2.24) is 4.98 Å². The van der Waals surface area contributed by atoms with Gasteiger partial charge in [0, 0.05) is 41.3 Å². The summed E-state index contributed by atoms with van der Waals surface area (Å²) >= 11 is 3.63. The molecule has 2 aromatic carbocycles. The number of anilines is 1. The van der Waals surface area contributed by atoms with E-state index in [1.54, 1.807) is 12.3 Å². The topological polar surface area (TPSA) is 48.7 Å². The molecular formula is C21H18BrN3O. The summed E-state index contributed by atoms with van der Waals surface area (Å²) in [4.78, 5) is 4.23. The van der Waals surface area contributed by atoms with E-state index in [-0.39, 0.29) is 5.92 Å². The van der Waals surface area contributed by atoms with Gasteiger partial charge in [0.25, 0.3) is 0 Å². The van der Waals surface area contributed by atoms with E-state index in [1.807, 2.05) is 65.8 Å². The first kappa shape index (κ1) is 16.8. The van der Waals surface area contributed by atoms with E-state index in [1.165, 1.54) is 0 Å². The third kappa shape index (κ3) is 3.35. The van der Waals surface area contributed by atoms with E-state index >= 15 is 0 Å². The Bertz CT molecular complexity index is 943. The van der Waals surface area contributed by atoms with Gasteiger partial charge in [0.15, 0.2) is 0 Å². The highest BCUT2D eigenvalue weighted by Gasteiger charge is 2.27. The number of hydrogen-bond acceptors (Lipinski definition) is 4. The zero-order chi connectivity index (χ0) is 17.9. The Kier molecular flexibility index (Phi) is 4.71. The Morgan fingerprint density at radius 1 is 1.00 bits per heavy atom. The van der Waals surface area contributed by atoms with Crippen LogP contribution in [0.1, 0.15) is 23.5 Å². The first-order chi connectivity index (χ1) is 12.7. The zero-order valence-corrected chi connectivity index (χ0v) is 15.7. The van der Waals surface area contributed by atoms with Crippen LogP contribution in [0.4, 0.5) is 5.69 Å². The lowest BCUT2D eigenvalue weighted by molar-refractivity contribution is 0.459. The van der Waals surface area contributed by atoms with Crippen LogP contribution < -0.4 is 5.01 Å². The van der Waals surface area contributed by atoms with Crippen LogP contribution in [0.5, 0.6) is 5.75 Å². The molecule has 0 saturated heterocycles. The Balaban J connectivity index is 1.78. The van der Waals surface area contributed by atoms with Gasteiger partial charge in [-0.2, -0.15) is 5.10 Å². The molecule has 0 bridgehead atoms. The number of aromatic nitrogens is 1. The van der Waals surface area contributed by atoms with Crippen LogP contribution in [0, 0.1) is 0 Å². The molecule has 1 unspecified atom stereocenters. The molecule has 4 nitrogen and oxygen atoms in total. The molecular weight excluding hydrogens is 390 g/mol. The zero-order valence-electron chi connectivity index (χ0n) is 14.1. The fourth-order valence-corrected chi connectivity index (χ4v) is 3.79. The molecule has 0 radical (unpaired) electrons. The molecule has 1 aliphatic rings. The number of benzene rings is 2. The number of rotatable bonds is 3. The summed E-state index contributed by atoms with van der Waals surface area (Å²) in [5.74, 6) is 0.466. The monoisotopic (exact) mass is 407 g/mol. The normalized spacial score (nSPS) is 17.0. The van der Waals surface area contributed by atoms with Gasteiger partial charge in [-0.3, -0.25) is 9.99 Å². The van der Waals surface area contributed by atoms with Crippen molar-refractivity contribution in [2.45, 2.75) is 12.3 Å². The maximum absolute atomic E-state index is 10.4. The fourth-order valence-electron chi connectivity index (χ4n) is 3.30. The van der Waals surface area contributed by atoms with Crippen molar-refractivity contribution in [1.29, 1.82) is 0 Å². The van der Waals surface area contributed by atoms with Crippen molar-refractivity contribution in [3.63, 3.8) is 0 Å². The Labute approximate surface area is 161 Å². The van der Waals surface area contributed by atoms with Gasteiger partial charge in [-0.05, 0) is 45.8 Å². The smallest absolute Gasteiger partial charge is 0.119 e. The second-order valence-corrected chi connectivity index (χ2v) is 7.14. The predicted molar refractivity (Wildman–Crippen MR) is 108 cm³/mol. The summed E-state index contributed by atoms with van der Waals surface area (Å²) in [5, 5.41) is 17.2. The van der Waals surface area contributed by atoms with Crippen LogP contribution in [-0.2, 0) is 0 Å². The highest BCUT2D eigenvalue weighted by Crippen LogP contribution is 2.36. The molecule has 1 N–H and O–H groups in total. The van der Waals surface area contributed by atoms with E-state index in [9.17, 15) is 5.11 Å². The average molecular weight is 408 g/mol. The highest BCUT2D eigenvalue weighted by molar-refractivity contribution is 9.10. The molecule has 0 saturated carbocycles. The van der Waals surface area contributed by atoms with E-state index in [4.69, 9.17) is 5.10 Å². The van der Waals surface area contributed by atoms with Gasteiger partial charge in [-0.25, -0.2) is 0 Å². The molecule has 26 heavy (non-hydrogen) atoms. The van der Waals surface area contributed by atoms with Crippen LogP contribution in [0.3, 0.4) is 0 Å². The van der Waals surface area contributed by atoms with E-state index in [0.717, 1.165) is 33.4 Å². The molecule has 1 aromatic heterocycles. The Hall–Kier alpha value is -2.66. The average Bonchev–Trinajstić information content (AvgIpc) is 2.69. The van der Waals surface area contributed by atoms with Crippen LogP contribution >= 0.6 is 15.9 Å². The summed E-state index contributed by atoms with van der Waals surface area (Å²) < 4.78 is 0.993. The van der Waals surface area contributed by atoms with Crippen molar-refractivity contribution < 1.29 is 5.11 Å². The van der Waals surface area contributed by atoms with Crippen LogP contribution in [0.2, 0.25) is 0 Å². The van der Waals surface area contributed by atoms with Gasteiger partial charge in [-0.15, -0.1) is 0 Å². The predicted octanol–water partition coefficient (Wildman–Crippen LogP) is 4.95. The second kappa shape index (κ2) is 7.30. The minimum atomic E-state index is 0.135. The van der Waals surface area contributed by atoms with E-state index in [2.05, 4.69) is 20.9 Å². The maximum Gasteiger partial charge on any atom is 0.119 e. The largest absolute Gasteiger partial charge is 0.508 e. The van der Waals surface area contributed by atoms with Crippen LogP contribution in [0.25, 0.3) is 0 Å². The molecule has 0 fully saturated rings. The number of pyridine rings is 1. The number of hydrazone groups is 1. The molecule has 0 aliphatic carbocycles. The fraction of sp³-hybridized carbons (Fsp3) is 0.143. The molecule has 0 spiro atoms. The third-order valence-corrected chi connectivity index (χ3v) is 5.25. The third-order valence-electron chi connectivity index (χ3n) is 4.58. The number of hydrogen-bond donors (Lipinski definition) is 1. The molecule has 2 heterocycles. The lowest BCUT2D eigenvalue weighted by atomic mass is 9.89. The lowest BCUT2D eigenvalue weighted by Gasteiger charge is -2.32. The SMILES string of the molecule is Oc1ccccc1C1CC(c2cccnc2)=NN(c2ccccc2Br)C1. The second-order valence-electron chi connectivity index (χ2n) is 6.28. The summed E-state index contributed by atoms with van der Waals surface area (Å²) in [6.45, 7) is 0.698. The number of phenols is 1. The maximum atomic E-state index is 10.4. The van der Waals surface area contributed by atoms with Gasteiger partial charge in [0.2, 0.25) is 0 Å². The van der Waals surface area contributed by atoms with Crippen molar-refractivity contribution >= 4 is 27.3 Å². The highest BCUT2D eigenvalue weighted by atomic mass is 79.9. The van der Waals surface area contributed by atoms with E-state index in [0.29, 0.717) is 12.3 Å². The molecule has 4 rings (SSSR count). The summed E-state index contributed by atoms with van der Waals surface area (Å²) in [6.07, 6.45) is 4.35. The van der Waals surface area contributed by atoms with Crippen molar-refractivity contribution in [2.24, 2.45) is 5.10 Å². The van der Waals surface area contributed by atoms with Crippen molar-refractivity contribution in [3.05, 3.63) is 88.7 Å². The van der Waals surface area contributed by atoms with Crippen LogP contribution in [-0.4, -0.2) is 22.3 Å². The van der Waals surface area contributed by atoms with Gasteiger partial charge in [0.05, 0.1) is 11.4 Å². The Morgan fingerprint density at radius 3 is 2.58 bits per heavy atom. The quantitative estimate of drug-likeness (QED) is 0.667. The van der Waals surface area contributed by atoms with E-state index < -0.39 is 0 Å². The van der Waals surface area contributed by atoms with Gasteiger partial charge in [0.1, 0.15) is 5.75 Å². The number of phenolic OH excluding ortho intramolecular Hbond substituents is 1. The number of halogens is 1. The van der Waals surface area contributed by atoms with Gasteiger partial charge in [-0.1, -0.05) is 36.4 Å².